The van der Waals surface area contributed by atoms with Crippen molar-refractivity contribution in [3.63, 3.8) is 0 Å². The van der Waals surface area contributed by atoms with E-state index in [1.54, 1.807) is 11.8 Å². The maximum Gasteiger partial charge on any atom is 0.405 e. The van der Waals surface area contributed by atoms with E-state index in [4.69, 9.17) is 15.2 Å². The molecule has 1 aromatic rings. The lowest BCUT2D eigenvalue weighted by Gasteiger charge is -2.27. The van der Waals surface area contributed by atoms with Crippen molar-refractivity contribution in [1.29, 1.82) is 0 Å². The van der Waals surface area contributed by atoms with E-state index in [1.807, 2.05) is 30.3 Å². The quantitative estimate of drug-likeness (QED) is 0.867. The highest BCUT2D eigenvalue weighted by Gasteiger charge is 2.34. The van der Waals surface area contributed by atoms with E-state index >= 15 is 0 Å². The Morgan fingerprint density at radius 1 is 1.23 bits per heavy atom. The Hall–Kier alpha value is -2.08. The molecule has 1 aliphatic heterocycles. The van der Waals surface area contributed by atoms with Crippen LogP contribution in [-0.4, -0.2) is 42.2 Å². The van der Waals surface area contributed by atoms with Crippen LogP contribution in [-0.2, 0) is 20.9 Å². The van der Waals surface area contributed by atoms with Gasteiger partial charge in [-0.25, -0.2) is 4.79 Å². The highest BCUT2D eigenvalue weighted by atomic mass is 16.6. The van der Waals surface area contributed by atoms with Crippen LogP contribution < -0.4 is 5.73 Å². The Morgan fingerprint density at radius 3 is 2.45 bits per heavy atom. The van der Waals surface area contributed by atoms with Crippen LogP contribution in [0.15, 0.2) is 30.3 Å². The molecule has 2 atom stereocenters. The fourth-order valence-corrected chi connectivity index (χ4v) is 2.48. The average Bonchev–Trinajstić information content (AvgIpc) is 3.05. The zero-order valence-electron chi connectivity index (χ0n) is 12.7. The first-order chi connectivity index (χ1) is 10.6. The van der Waals surface area contributed by atoms with Gasteiger partial charge < -0.3 is 20.1 Å². The van der Waals surface area contributed by atoms with Crippen molar-refractivity contribution in [2.45, 2.75) is 38.6 Å². The van der Waals surface area contributed by atoms with Crippen molar-refractivity contribution >= 4 is 12.0 Å². The number of carbonyl (C=O) groups excluding carboxylic acids is 2. The predicted molar refractivity (Wildman–Crippen MR) is 81.0 cm³/mol. The molecule has 1 aliphatic rings. The maximum atomic E-state index is 12.4. The van der Waals surface area contributed by atoms with Crippen molar-refractivity contribution in [2.24, 2.45) is 5.73 Å². The molecule has 2 N–H and O–H groups in total. The first-order valence-corrected chi connectivity index (χ1v) is 7.48. The predicted octanol–water partition coefficient (Wildman–Crippen LogP) is 1.68. The number of ether oxygens (including phenoxy) is 2. The van der Waals surface area contributed by atoms with Gasteiger partial charge in [0.2, 0.25) is 6.10 Å². The second kappa shape index (κ2) is 7.79. The van der Waals surface area contributed by atoms with Crippen molar-refractivity contribution in [2.75, 3.05) is 13.1 Å². The number of carbonyl (C=O) groups is 2. The number of rotatable bonds is 6. The van der Waals surface area contributed by atoms with Crippen LogP contribution in [0.2, 0.25) is 0 Å². The van der Waals surface area contributed by atoms with E-state index in [1.165, 1.54) is 0 Å². The summed E-state index contributed by atoms with van der Waals surface area (Å²) in [6.45, 7) is 3.42. The summed E-state index contributed by atoms with van der Waals surface area (Å²) in [5.41, 5.74) is 6.07. The second-order valence-electron chi connectivity index (χ2n) is 5.39. The third-order valence-corrected chi connectivity index (χ3v) is 3.69. The Labute approximate surface area is 130 Å². The molecule has 0 bridgehead atoms. The van der Waals surface area contributed by atoms with E-state index in [-0.39, 0.29) is 5.91 Å². The largest absolute Gasteiger partial charge is 0.433 e. The minimum atomic E-state index is -1.00. The maximum absolute atomic E-state index is 12.4. The molecule has 6 nitrogen and oxygen atoms in total. The average molecular weight is 306 g/mol. The molecule has 1 saturated heterocycles. The first kappa shape index (κ1) is 16.3. The van der Waals surface area contributed by atoms with Crippen LogP contribution in [0.3, 0.4) is 0 Å². The summed E-state index contributed by atoms with van der Waals surface area (Å²) in [5.74, 6) is -0.239. The van der Waals surface area contributed by atoms with Gasteiger partial charge in [0.1, 0.15) is 6.10 Å². The lowest BCUT2D eigenvalue weighted by Crippen LogP contribution is -2.47. The monoisotopic (exact) mass is 306 g/mol. The molecule has 0 aliphatic carbocycles. The zero-order valence-corrected chi connectivity index (χ0v) is 12.7. The van der Waals surface area contributed by atoms with Crippen LogP contribution in [0.4, 0.5) is 4.79 Å². The molecule has 1 fully saturated rings. The number of hydrogen-bond acceptors (Lipinski definition) is 4. The number of benzene rings is 1. The number of nitrogens with zero attached hydrogens (tertiary/aromatic N) is 1. The summed E-state index contributed by atoms with van der Waals surface area (Å²) < 4.78 is 10.7. The smallest absolute Gasteiger partial charge is 0.405 e. The summed E-state index contributed by atoms with van der Waals surface area (Å²) in [5, 5.41) is 0. The van der Waals surface area contributed by atoms with Crippen LogP contribution in [0.25, 0.3) is 0 Å². The zero-order chi connectivity index (χ0) is 15.9. The molecule has 0 radical (unpaired) electrons. The summed E-state index contributed by atoms with van der Waals surface area (Å²) in [6, 6.07) is 9.60. The molecular weight excluding hydrogens is 284 g/mol. The van der Waals surface area contributed by atoms with E-state index in [2.05, 4.69) is 0 Å². The minimum Gasteiger partial charge on any atom is -0.433 e. The summed E-state index contributed by atoms with van der Waals surface area (Å²) >= 11 is 0. The SMILES string of the molecule is CC(OCc1ccccc1)C(OC(N)=O)C(=O)N1CCCC1. The van der Waals surface area contributed by atoms with Gasteiger partial charge in [-0.1, -0.05) is 30.3 Å². The second-order valence-corrected chi connectivity index (χ2v) is 5.39. The van der Waals surface area contributed by atoms with Gasteiger partial charge in [0.25, 0.3) is 5.91 Å². The van der Waals surface area contributed by atoms with Gasteiger partial charge in [0.05, 0.1) is 6.61 Å². The summed E-state index contributed by atoms with van der Waals surface area (Å²) in [7, 11) is 0. The van der Waals surface area contributed by atoms with E-state index < -0.39 is 18.3 Å². The number of likely N-dealkylation sites (tertiary alicyclic amines) is 1. The fourth-order valence-electron chi connectivity index (χ4n) is 2.48. The normalized spacial score (nSPS) is 17.0. The lowest BCUT2D eigenvalue weighted by atomic mass is 10.2. The molecule has 6 heteroatoms. The Balaban J connectivity index is 1.97. The van der Waals surface area contributed by atoms with Gasteiger partial charge in [0.15, 0.2) is 0 Å². The number of nitrogens with two attached hydrogens (primary N) is 1. The molecular formula is C16H22N2O4. The van der Waals surface area contributed by atoms with Crippen LogP contribution >= 0.6 is 0 Å². The summed E-state index contributed by atoms with van der Waals surface area (Å²) in [6.07, 6.45) is -0.601. The highest BCUT2D eigenvalue weighted by Crippen LogP contribution is 2.15. The van der Waals surface area contributed by atoms with Gasteiger partial charge >= 0.3 is 6.09 Å². The van der Waals surface area contributed by atoms with E-state index in [0.717, 1.165) is 18.4 Å². The molecule has 1 heterocycles. The molecule has 0 saturated carbocycles. The van der Waals surface area contributed by atoms with Crippen molar-refractivity contribution in [3.05, 3.63) is 35.9 Å². The number of primary amides is 1. The molecule has 2 unspecified atom stereocenters. The highest BCUT2D eigenvalue weighted by molar-refractivity contribution is 5.84. The molecule has 2 rings (SSSR count). The molecule has 120 valence electrons. The van der Waals surface area contributed by atoms with Crippen LogP contribution in [0.5, 0.6) is 0 Å². The molecule has 1 aromatic carbocycles. The van der Waals surface area contributed by atoms with Gasteiger partial charge in [-0.05, 0) is 25.3 Å². The number of hydrogen-bond donors (Lipinski definition) is 1. The van der Waals surface area contributed by atoms with Gasteiger partial charge in [-0.15, -0.1) is 0 Å². The van der Waals surface area contributed by atoms with E-state index in [0.29, 0.717) is 19.7 Å². The van der Waals surface area contributed by atoms with Gasteiger partial charge in [-0.2, -0.15) is 0 Å². The Kier molecular flexibility index (Phi) is 5.77. The molecule has 0 spiro atoms. The molecule has 0 aromatic heterocycles. The molecule has 2 amide bonds. The van der Waals surface area contributed by atoms with Crippen LogP contribution in [0, 0.1) is 0 Å². The van der Waals surface area contributed by atoms with Crippen LogP contribution in [0.1, 0.15) is 25.3 Å². The Morgan fingerprint density at radius 2 is 1.86 bits per heavy atom. The fraction of sp³-hybridized carbons (Fsp3) is 0.500. The van der Waals surface area contributed by atoms with E-state index in [9.17, 15) is 9.59 Å². The topological polar surface area (TPSA) is 81.9 Å². The third kappa shape index (κ3) is 4.46. The van der Waals surface area contributed by atoms with Crippen molar-refractivity contribution < 1.29 is 19.1 Å². The molecule has 22 heavy (non-hydrogen) atoms. The Bertz CT molecular complexity index is 500. The van der Waals surface area contributed by atoms with Crippen molar-refractivity contribution in [3.8, 4) is 0 Å². The minimum absolute atomic E-state index is 0.239. The summed E-state index contributed by atoms with van der Waals surface area (Å²) in [4.78, 5) is 25.2. The van der Waals surface area contributed by atoms with Gasteiger partial charge in [-0.3, -0.25) is 4.79 Å². The van der Waals surface area contributed by atoms with Crippen molar-refractivity contribution in [1.82, 2.24) is 4.90 Å². The van der Waals surface area contributed by atoms with Gasteiger partial charge in [0, 0.05) is 13.1 Å². The standard InChI is InChI=1S/C16H22N2O4/c1-12(21-11-13-7-3-2-4-8-13)14(22-16(17)20)15(19)18-9-5-6-10-18/h2-4,7-8,12,14H,5-6,9-11H2,1H3,(H2,17,20). The third-order valence-electron chi connectivity index (χ3n) is 3.69. The number of amides is 2. The first-order valence-electron chi connectivity index (χ1n) is 7.48. The lowest BCUT2D eigenvalue weighted by molar-refractivity contribution is -0.147.